The molecule has 1 aliphatic rings. The van der Waals surface area contributed by atoms with Crippen molar-refractivity contribution in [1.29, 1.82) is 0 Å². The average Bonchev–Trinajstić information content (AvgIpc) is 3.07. The SMILES string of the molecule is O=C(NN[C@H]1CC(=O)N(c2ccc(Oc3ccccc3)cc2)C1=O)c1ccc(F)cc1. The van der Waals surface area contributed by atoms with Crippen molar-refractivity contribution in [3.63, 3.8) is 0 Å². The van der Waals surface area contributed by atoms with Gasteiger partial charge in [0.15, 0.2) is 0 Å². The second-order valence-corrected chi connectivity index (χ2v) is 6.84. The van der Waals surface area contributed by atoms with Gasteiger partial charge in [-0.25, -0.2) is 14.7 Å². The molecule has 1 saturated heterocycles. The van der Waals surface area contributed by atoms with Gasteiger partial charge >= 0.3 is 0 Å². The largest absolute Gasteiger partial charge is 0.457 e. The highest BCUT2D eigenvalue weighted by molar-refractivity contribution is 6.22. The van der Waals surface area contributed by atoms with E-state index in [1.165, 1.54) is 12.1 Å². The van der Waals surface area contributed by atoms with Crippen molar-refractivity contribution < 1.29 is 23.5 Å². The van der Waals surface area contributed by atoms with E-state index in [1.807, 2.05) is 30.3 Å². The molecule has 0 aromatic heterocycles. The number of halogens is 1. The summed E-state index contributed by atoms with van der Waals surface area (Å²) in [6.45, 7) is 0. The molecular formula is C23H18FN3O4. The van der Waals surface area contributed by atoms with Gasteiger partial charge in [-0.2, -0.15) is 0 Å². The fourth-order valence-corrected chi connectivity index (χ4v) is 3.13. The van der Waals surface area contributed by atoms with Crippen molar-refractivity contribution in [2.45, 2.75) is 12.5 Å². The molecule has 4 rings (SSSR count). The molecule has 1 atom stereocenters. The third kappa shape index (κ3) is 4.59. The zero-order chi connectivity index (χ0) is 21.8. The molecule has 3 aromatic carbocycles. The molecule has 1 heterocycles. The predicted octanol–water partition coefficient (Wildman–Crippen LogP) is 3.18. The van der Waals surface area contributed by atoms with Gasteiger partial charge in [-0.1, -0.05) is 18.2 Å². The molecule has 0 unspecified atom stereocenters. The monoisotopic (exact) mass is 419 g/mol. The van der Waals surface area contributed by atoms with Crippen LogP contribution in [-0.2, 0) is 9.59 Å². The zero-order valence-electron chi connectivity index (χ0n) is 16.2. The first-order valence-electron chi connectivity index (χ1n) is 9.52. The van der Waals surface area contributed by atoms with E-state index in [2.05, 4.69) is 10.9 Å². The number of amides is 3. The Kier molecular flexibility index (Phi) is 5.72. The molecule has 7 nitrogen and oxygen atoms in total. The van der Waals surface area contributed by atoms with E-state index in [0.29, 0.717) is 17.2 Å². The van der Waals surface area contributed by atoms with Gasteiger partial charge in [0, 0.05) is 5.56 Å². The lowest BCUT2D eigenvalue weighted by Gasteiger charge is -2.16. The minimum atomic E-state index is -0.905. The number of rotatable bonds is 6. The molecule has 3 amide bonds. The Hall–Kier alpha value is -4.04. The summed E-state index contributed by atoms with van der Waals surface area (Å²) in [5.74, 6) is -0.644. The smallest absolute Gasteiger partial charge is 0.265 e. The fourth-order valence-electron chi connectivity index (χ4n) is 3.13. The molecule has 0 aliphatic carbocycles. The molecular weight excluding hydrogens is 401 g/mol. The Morgan fingerprint density at radius 2 is 1.55 bits per heavy atom. The van der Waals surface area contributed by atoms with Gasteiger partial charge in [0.1, 0.15) is 23.4 Å². The van der Waals surface area contributed by atoms with Crippen molar-refractivity contribution in [3.05, 3.63) is 90.2 Å². The molecule has 0 spiro atoms. The third-order valence-corrected chi connectivity index (χ3v) is 4.69. The van der Waals surface area contributed by atoms with Crippen molar-refractivity contribution in [3.8, 4) is 11.5 Å². The lowest BCUT2D eigenvalue weighted by molar-refractivity contribution is -0.121. The van der Waals surface area contributed by atoms with Crippen LogP contribution in [0.1, 0.15) is 16.8 Å². The van der Waals surface area contributed by atoms with Gasteiger partial charge in [-0.15, -0.1) is 0 Å². The highest BCUT2D eigenvalue weighted by Crippen LogP contribution is 2.27. The molecule has 8 heteroatoms. The summed E-state index contributed by atoms with van der Waals surface area (Å²) in [5.41, 5.74) is 5.60. The number of ether oxygens (including phenoxy) is 1. The van der Waals surface area contributed by atoms with E-state index >= 15 is 0 Å². The number of carbonyl (C=O) groups excluding carboxylic acids is 3. The first-order valence-corrected chi connectivity index (χ1v) is 9.52. The van der Waals surface area contributed by atoms with Crippen LogP contribution in [0, 0.1) is 5.82 Å². The summed E-state index contributed by atoms with van der Waals surface area (Å²) >= 11 is 0. The molecule has 31 heavy (non-hydrogen) atoms. The highest BCUT2D eigenvalue weighted by Gasteiger charge is 2.39. The van der Waals surface area contributed by atoms with Crippen molar-refractivity contribution in [2.75, 3.05) is 4.90 Å². The number of hydrazine groups is 1. The number of nitrogens with one attached hydrogen (secondary N) is 2. The number of nitrogens with zero attached hydrogens (tertiary/aromatic N) is 1. The Bertz CT molecular complexity index is 1100. The number of imide groups is 1. The maximum Gasteiger partial charge on any atom is 0.265 e. The Labute approximate surface area is 177 Å². The number of hydrogen-bond donors (Lipinski definition) is 2. The Balaban J connectivity index is 1.38. The van der Waals surface area contributed by atoms with Gasteiger partial charge in [0.25, 0.3) is 11.8 Å². The Morgan fingerprint density at radius 1 is 0.903 bits per heavy atom. The van der Waals surface area contributed by atoms with Gasteiger partial charge in [-0.05, 0) is 60.7 Å². The second-order valence-electron chi connectivity index (χ2n) is 6.84. The quantitative estimate of drug-likeness (QED) is 0.473. The molecule has 1 fully saturated rings. The summed E-state index contributed by atoms with van der Waals surface area (Å²) in [4.78, 5) is 38.3. The number of benzene rings is 3. The van der Waals surface area contributed by atoms with Crippen LogP contribution in [0.25, 0.3) is 0 Å². The van der Waals surface area contributed by atoms with Crippen molar-refractivity contribution in [2.24, 2.45) is 0 Å². The zero-order valence-corrected chi connectivity index (χ0v) is 16.2. The maximum absolute atomic E-state index is 13.0. The van der Waals surface area contributed by atoms with Gasteiger partial charge in [0.2, 0.25) is 5.91 Å². The lowest BCUT2D eigenvalue weighted by atomic mass is 10.2. The fraction of sp³-hybridized carbons (Fsp3) is 0.0870. The van der Waals surface area contributed by atoms with Crippen LogP contribution in [0.15, 0.2) is 78.9 Å². The maximum atomic E-state index is 13.0. The summed E-state index contributed by atoms with van der Waals surface area (Å²) in [6, 6.07) is 19.8. The predicted molar refractivity (Wildman–Crippen MR) is 111 cm³/mol. The summed E-state index contributed by atoms with van der Waals surface area (Å²) in [7, 11) is 0. The number of para-hydroxylation sites is 1. The Morgan fingerprint density at radius 3 is 2.23 bits per heavy atom. The van der Waals surface area contributed by atoms with Gasteiger partial charge in [-0.3, -0.25) is 19.8 Å². The molecule has 0 bridgehead atoms. The standard InChI is InChI=1S/C23H18FN3O4/c24-16-8-6-15(7-9-16)22(29)26-25-20-14-21(28)27(23(20)30)17-10-12-19(13-11-17)31-18-4-2-1-3-5-18/h1-13,20,25H,14H2,(H,26,29)/t20-/m0/s1. The molecule has 0 saturated carbocycles. The van der Waals surface area contributed by atoms with E-state index in [0.717, 1.165) is 17.0 Å². The van der Waals surface area contributed by atoms with Crippen LogP contribution < -0.4 is 20.5 Å². The lowest BCUT2D eigenvalue weighted by Crippen LogP contribution is -2.48. The molecule has 3 aromatic rings. The van der Waals surface area contributed by atoms with Crippen LogP contribution >= 0.6 is 0 Å². The van der Waals surface area contributed by atoms with Crippen LogP contribution in [0.4, 0.5) is 10.1 Å². The van der Waals surface area contributed by atoms with E-state index in [4.69, 9.17) is 4.74 Å². The summed E-state index contributed by atoms with van der Waals surface area (Å²) < 4.78 is 18.7. The van der Waals surface area contributed by atoms with Crippen LogP contribution in [0.2, 0.25) is 0 Å². The van der Waals surface area contributed by atoms with Crippen molar-refractivity contribution in [1.82, 2.24) is 10.9 Å². The van der Waals surface area contributed by atoms with E-state index < -0.39 is 29.6 Å². The summed E-state index contributed by atoms with van der Waals surface area (Å²) in [6.07, 6.45) is -0.106. The number of hydrogen-bond acceptors (Lipinski definition) is 5. The third-order valence-electron chi connectivity index (χ3n) is 4.69. The topological polar surface area (TPSA) is 87.7 Å². The van der Waals surface area contributed by atoms with Gasteiger partial charge < -0.3 is 4.74 Å². The van der Waals surface area contributed by atoms with E-state index in [-0.39, 0.29) is 12.0 Å². The van der Waals surface area contributed by atoms with Crippen LogP contribution in [-0.4, -0.2) is 23.8 Å². The molecule has 156 valence electrons. The van der Waals surface area contributed by atoms with Crippen LogP contribution in [0.3, 0.4) is 0 Å². The molecule has 2 N–H and O–H groups in total. The minimum Gasteiger partial charge on any atom is -0.457 e. The molecule has 1 aliphatic heterocycles. The first kappa shape index (κ1) is 20.2. The average molecular weight is 419 g/mol. The van der Waals surface area contributed by atoms with E-state index in [1.54, 1.807) is 24.3 Å². The summed E-state index contributed by atoms with van der Waals surface area (Å²) in [5, 5.41) is 0. The van der Waals surface area contributed by atoms with Gasteiger partial charge in [0.05, 0.1) is 12.1 Å². The molecule has 0 radical (unpaired) electrons. The van der Waals surface area contributed by atoms with E-state index in [9.17, 15) is 18.8 Å². The number of carbonyl (C=O) groups is 3. The van der Waals surface area contributed by atoms with Crippen molar-refractivity contribution >= 4 is 23.4 Å². The van der Waals surface area contributed by atoms with Crippen LogP contribution in [0.5, 0.6) is 11.5 Å². The first-order chi connectivity index (χ1) is 15.0. The highest BCUT2D eigenvalue weighted by atomic mass is 19.1. The second kappa shape index (κ2) is 8.76. The minimum absolute atomic E-state index is 0.106. The number of anilines is 1. The normalized spacial score (nSPS) is 15.8.